The van der Waals surface area contributed by atoms with E-state index in [1.807, 2.05) is 24.0 Å². The number of hydrogen-bond acceptors (Lipinski definition) is 3. The summed E-state index contributed by atoms with van der Waals surface area (Å²) in [5.74, 6) is 0.942. The number of nitrogens with zero attached hydrogens (tertiary/aromatic N) is 2. The molecule has 1 fully saturated rings. The van der Waals surface area contributed by atoms with E-state index in [0.717, 1.165) is 44.5 Å². The Bertz CT molecular complexity index is 366. The molecule has 1 aromatic heterocycles. The Labute approximate surface area is 102 Å². The van der Waals surface area contributed by atoms with Crippen LogP contribution in [0.25, 0.3) is 0 Å². The van der Waals surface area contributed by atoms with Crippen molar-refractivity contribution in [3.05, 3.63) is 18.0 Å². The van der Waals surface area contributed by atoms with E-state index >= 15 is 0 Å². The Balaban J connectivity index is 1.79. The molecule has 0 spiro atoms. The molecule has 1 aliphatic rings. The van der Waals surface area contributed by atoms with Gasteiger partial charge in [0.15, 0.2) is 0 Å². The zero-order valence-electron chi connectivity index (χ0n) is 10.5. The highest BCUT2D eigenvalue weighted by molar-refractivity contribution is 5.80. The van der Waals surface area contributed by atoms with Crippen LogP contribution in [0.3, 0.4) is 0 Å². The van der Waals surface area contributed by atoms with Crippen molar-refractivity contribution >= 4 is 5.78 Å². The fourth-order valence-corrected chi connectivity index (χ4v) is 2.38. The number of Topliss-reactive ketones (excluding diaryl/α,β-unsaturated/α-hetero) is 1. The third-order valence-electron chi connectivity index (χ3n) is 3.39. The van der Waals surface area contributed by atoms with Gasteiger partial charge >= 0.3 is 0 Å². The summed E-state index contributed by atoms with van der Waals surface area (Å²) in [5.41, 5.74) is 1.05. The molecule has 0 aromatic carbocycles. The first-order chi connectivity index (χ1) is 8.28. The summed E-state index contributed by atoms with van der Waals surface area (Å²) in [5, 5.41) is 7.51. The van der Waals surface area contributed by atoms with Crippen LogP contribution in [0.4, 0.5) is 0 Å². The summed E-state index contributed by atoms with van der Waals surface area (Å²) in [6, 6.07) is 0. The third-order valence-corrected chi connectivity index (χ3v) is 3.39. The van der Waals surface area contributed by atoms with Gasteiger partial charge in [0.2, 0.25) is 0 Å². The zero-order chi connectivity index (χ0) is 12.1. The topological polar surface area (TPSA) is 46.9 Å². The number of carbonyl (C=O) groups is 1. The predicted octanol–water partition coefficient (Wildman–Crippen LogP) is 1.40. The van der Waals surface area contributed by atoms with Gasteiger partial charge in [-0.2, -0.15) is 5.10 Å². The first-order valence-corrected chi connectivity index (χ1v) is 6.51. The Morgan fingerprint density at radius 3 is 2.94 bits per heavy atom. The largest absolute Gasteiger partial charge is 0.317 e. The molecule has 1 aromatic rings. The van der Waals surface area contributed by atoms with Gasteiger partial charge in [-0.05, 0) is 44.3 Å². The minimum absolute atomic E-state index is 0.354. The number of carbonyl (C=O) groups excluding carboxylic acids is 1. The van der Waals surface area contributed by atoms with Gasteiger partial charge in [0, 0.05) is 25.6 Å². The van der Waals surface area contributed by atoms with Crippen molar-refractivity contribution in [2.24, 2.45) is 5.92 Å². The Kier molecular flexibility index (Phi) is 4.31. The molecule has 1 saturated heterocycles. The molecule has 94 valence electrons. The molecule has 1 N–H and O–H groups in total. The van der Waals surface area contributed by atoms with Crippen molar-refractivity contribution in [3.8, 4) is 0 Å². The molecule has 0 unspecified atom stereocenters. The molecule has 2 heterocycles. The van der Waals surface area contributed by atoms with Gasteiger partial charge in [-0.1, -0.05) is 0 Å². The second kappa shape index (κ2) is 5.96. The molecule has 0 aliphatic carbocycles. The number of rotatable bonds is 5. The standard InChI is InChI=1S/C13H21N3O/c1-2-16-10-12(9-15-16)8-13(17)7-11-3-5-14-6-4-11/h9-11,14H,2-8H2,1H3. The van der Waals surface area contributed by atoms with Gasteiger partial charge < -0.3 is 5.32 Å². The maximum Gasteiger partial charge on any atom is 0.137 e. The molecule has 0 amide bonds. The second-order valence-electron chi connectivity index (χ2n) is 4.82. The van der Waals surface area contributed by atoms with E-state index in [2.05, 4.69) is 10.4 Å². The second-order valence-corrected chi connectivity index (χ2v) is 4.82. The van der Waals surface area contributed by atoms with Crippen LogP contribution in [-0.4, -0.2) is 28.7 Å². The minimum atomic E-state index is 0.354. The van der Waals surface area contributed by atoms with Crippen LogP contribution >= 0.6 is 0 Å². The first kappa shape index (κ1) is 12.3. The lowest BCUT2D eigenvalue weighted by Gasteiger charge is -2.21. The minimum Gasteiger partial charge on any atom is -0.317 e. The fraction of sp³-hybridized carbons (Fsp3) is 0.692. The van der Waals surface area contributed by atoms with Gasteiger partial charge in [0.1, 0.15) is 5.78 Å². The maximum atomic E-state index is 11.9. The van der Waals surface area contributed by atoms with Crippen LogP contribution < -0.4 is 5.32 Å². The lowest BCUT2D eigenvalue weighted by molar-refractivity contribution is -0.119. The molecular formula is C13H21N3O. The monoisotopic (exact) mass is 235 g/mol. The number of hydrogen-bond donors (Lipinski definition) is 1. The van der Waals surface area contributed by atoms with Gasteiger partial charge in [-0.25, -0.2) is 0 Å². The molecule has 1 aliphatic heterocycles. The van der Waals surface area contributed by atoms with Crippen molar-refractivity contribution in [2.75, 3.05) is 13.1 Å². The third kappa shape index (κ3) is 3.66. The summed E-state index contributed by atoms with van der Waals surface area (Å²) in [6.07, 6.45) is 7.34. The average molecular weight is 235 g/mol. The highest BCUT2D eigenvalue weighted by Gasteiger charge is 2.17. The Morgan fingerprint density at radius 2 is 2.29 bits per heavy atom. The predicted molar refractivity (Wildman–Crippen MR) is 66.8 cm³/mol. The van der Waals surface area contributed by atoms with E-state index < -0.39 is 0 Å². The molecule has 0 atom stereocenters. The molecule has 0 bridgehead atoms. The van der Waals surface area contributed by atoms with Crippen LogP contribution in [0.2, 0.25) is 0 Å². The highest BCUT2D eigenvalue weighted by Crippen LogP contribution is 2.17. The van der Waals surface area contributed by atoms with Crippen molar-refractivity contribution < 1.29 is 4.79 Å². The van der Waals surface area contributed by atoms with Crippen molar-refractivity contribution in [1.82, 2.24) is 15.1 Å². The molecule has 0 radical (unpaired) electrons. The lowest BCUT2D eigenvalue weighted by Crippen LogP contribution is -2.29. The van der Waals surface area contributed by atoms with Gasteiger partial charge in [0.05, 0.1) is 6.20 Å². The van der Waals surface area contributed by atoms with E-state index in [4.69, 9.17) is 0 Å². The molecule has 4 heteroatoms. The summed E-state index contributed by atoms with van der Waals surface area (Å²) in [4.78, 5) is 11.9. The smallest absolute Gasteiger partial charge is 0.137 e. The average Bonchev–Trinajstić information content (AvgIpc) is 2.78. The quantitative estimate of drug-likeness (QED) is 0.839. The summed E-state index contributed by atoms with van der Waals surface area (Å²) < 4.78 is 1.87. The summed E-state index contributed by atoms with van der Waals surface area (Å²) in [6.45, 7) is 5.04. The van der Waals surface area contributed by atoms with E-state index in [1.54, 1.807) is 0 Å². The van der Waals surface area contributed by atoms with Crippen molar-refractivity contribution in [1.29, 1.82) is 0 Å². The van der Waals surface area contributed by atoms with Crippen LogP contribution in [0.1, 0.15) is 31.7 Å². The number of ketones is 1. The summed E-state index contributed by atoms with van der Waals surface area (Å²) >= 11 is 0. The van der Waals surface area contributed by atoms with Crippen LogP contribution in [0, 0.1) is 5.92 Å². The number of aryl methyl sites for hydroxylation is 1. The van der Waals surface area contributed by atoms with Gasteiger partial charge in [0.25, 0.3) is 0 Å². The van der Waals surface area contributed by atoms with Crippen LogP contribution in [0.15, 0.2) is 12.4 Å². The Hall–Kier alpha value is -1.16. The zero-order valence-corrected chi connectivity index (χ0v) is 10.5. The molecule has 2 rings (SSSR count). The van der Waals surface area contributed by atoms with E-state index in [0.29, 0.717) is 18.1 Å². The van der Waals surface area contributed by atoms with Crippen molar-refractivity contribution in [2.45, 2.75) is 39.2 Å². The molecule has 4 nitrogen and oxygen atoms in total. The van der Waals surface area contributed by atoms with Gasteiger partial charge in [-0.3, -0.25) is 9.48 Å². The Morgan fingerprint density at radius 1 is 1.53 bits per heavy atom. The first-order valence-electron chi connectivity index (χ1n) is 6.51. The molecule has 17 heavy (non-hydrogen) atoms. The van der Waals surface area contributed by atoms with Crippen molar-refractivity contribution in [3.63, 3.8) is 0 Å². The SMILES string of the molecule is CCn1cc(CC(=O)CC2CCNCC2)cn1. The van der Waals surface area contributed by atoms with E-state index in [-0.39, 0.29) is 0 Å². The fourth-order valence-electron chi connectivity index (χ4n) is 2.38. The van der Waals surface area contributed by atoms with Gasteiger partial charge in [-0.15, -0.1) is 0 Å². The number of nitrogens with one attached hydrogen (secondary N) is 1. The van der Waals surface area contributed by atoms with Crippen LogP contribution in [-0.2, 0) is 17.8 Å². The number of aromatic nitrogens is 2. The van der Waals surface area contributed by atoms with E-state index in [9.17, 15) is 4.79 Å². The van der Waals surface area contributed by atoms with Crippen LogP contribution in [0.5, 0.6) is 0 Å². The lowest BCUT2D eigenvalue weighted by atomic mass is 9.91. The summed E-state index contributed by atoms with van der Waals surface area (Å²) in [7, 11) is 0. The maximum absolute atomic E-state index is 11.9. The molecule has 0 saturated carbocycles. The number of piperidine rings is 1. The highest BCUT2D eigenvalue weighted by atomic mass is 16.1. The molecular weight excluding hydrogens is 214 g/mol. The van der Waals surface area contributed by atoms with E-state index in [1.165, 1.54) is 0 Å². The normalized spacial score (nSPS) is 17.2.